The van der Waals surface area contributed by atoms with Crippen LogP contribution < -0.4 is 16.6 Å². The number of aromatic nitrogens is 1. The van der Waals surface area contributed by atoms with Crippen LogP contribution in [-0.2, 0) is 20.9 Å². The number of carboxylic acids is 1. The lowest BCUT2D eigenvalue weighted by Gasteiger charge is -2.14. The molecule has 8 heteroatoms. The Hall–Kier alpha value is -2.64. The van der Waals surface area contributed by atoms with Crippen LogP contribution in [0.25, 0.3) is 0 Å². The van der Waals surface area contributed by atoms with Crippen LogP contribution in [0.5, 0.6) is 0 Å². The first kappa shape index (κ1) is 16.4. The molecular weight excluding hydrogens is 278 g/mol. The van der Waals surface area contributed by atoms with E-state index in [4.69, 9.17) is 10.8 Å². The van der Waals surface area contributed by atoms with Gasteiger partial charge in [-0.25, -0.2) is 4.79 Å². The predicted octanol–water partition coefficient (Wildman–Crippen LogP) is -0.927. The van der Waals surface area contributed by atoms with E-state index in [-0.39, 0.29) is 31.4 Å². The topological polar surface area (TPSA) is 131 Å². The second kappa shape index (κ2) is 7.83. The quantitative estimate of drug-likeness (QED) is 0.570. The number of aliphatic carboxylic acids is 1. The number of hydrogen-bond donors (Lipinski definition) is 3. The molecule has 0 saturated carbocycles. The molecule has 8 nitrogen and oxygen atoms in total. The summed E-state index contributed by atoms with van der Waals surface area (Å²) < 4.78 is 1.35. The summed E-state index contributed by atoms with van der Waals surface area (Å²) in [7, 11) is 0. The fraction of sp³-hybridized carbons (Fsp3) is 0.385. The van der Waals surface area contributed by atoms with Crippen LogP contribution in [0.1, 0.15) is 19.3 Å². The number of nitrogens with two attached hydrogens (primary N) is 1. The summed E-state index contributed by atoms with van der Waals surface area (Å²) in [4.78, 5) is 44.7. The SMILES string of the molecule is NC(=O)CC[C@H](NC(=O)CCn1ccccc1=O)C(=O)O. The van der Waals surface area contributed by atoms with E-state index in [1.165, 1.54) is 16.8 Å². The summed E-state index contributed by atoms with van der Waals surface area (Å²) >= 11 is 0. The van der Waals surface area contributed by atoms with E-state index in [9.17, 15) is 19.2 Å². The molecule has 0 spiro atoms. The van der Waals surface area contributed by atoms with Gasteiger partial charge in [-0.05, 0) is 12.5 Å². The second-order valence-corrected chi connectivity index (χ2v) is 4.45. The molecule has 21 heavy (non-hydrogen) atoms. The molecule has 2 amide bonds. The highest BCUT2D eigenvalue weighted by Crippen LogP contribution is 1.99. The first-order valence-corrected chi connectivity index (χ1v) is 6.36. The largest absolute Gasteiger partial charge is 0.480 e. The van der Waals surface area contributed by atoms with E-state index in [0.29, 0.717) is 0 Å². The molecule has 0 aliphatic rings. The Bertz CT molecular complexity index is 581. The van der Waals surface area contributed by atoms with Crippen molar-refractivity contribution in [2.45, 2.75) is 31.8 Å². The zero-order chi connectivity index (χ0) is 15.8. The summed E-state index contributed by atoms with van der Waals surface area (Å²) in [5.41, 5.74) is 4.70. The molecule has 1 aromatic rings. The third-order valence-corrected chi connectivity index (χ3v) is 2.79. The molecule has 0 radical (unpaired) electrons. The number of carbonyl (C=O) groups is 3. The molecule has 1 atom stereocenters. The maximum atomic E-state index is 11.7. The highest BCUT2D eigenvalue weighted by molar-refractivity contribution is 5.84. The van der Waals surface area contributed by atoms with Gasteiger partial charge in [0.25, 0.3) is 5.56 Å². The van der Waals surface area contributed by atoms with E-state index < -0.39 is 23.8 Å². The van der Waals surface area contributed by atoms with E-state index >= 15 is 0 Å². The number of carbonyl (C=O) groups excluding carboxylic acids is 2. The summed E-state index contributed by atoms with van der Waals surface area (Å²) in [6, 6.07) is 3.44. The van der Waals surface area contributed by atoms with Crippen LogP contribution in [0, 0.1) is 0 Å². The van der Waals surface area contributed by atoms with Crippen molar-refractivity contribution < 1.29 is 19.5 Å². The third-order valence-electron chi connectivity index (χ3n) is 2.79. The van der Waals surface area contributed by atoms with Gasteiger partial charge in [0.1, 0.15) is 6.04 Å². The maximum Gasteiger partial charge on any atom is 0.326 e. The van der Waals surface area contributed by atoms with Crippen molar-refractivity contribution in [1.29, 1.82) is 0 Å². The van der Waals surface area contributed by atoms with Gasteiger partial charge in [0.15, 0.2) is 0 Å². The monoisotopic (exact) mass is 295 g/mol. The van der Waals surface area contributed by atoms with Crippen molar-refractivity contribution in [3.8, 4) is 0 Å². The summed E-state index contributed by atoms with van der Waals surface area (Å²) in [5, 5.41) is 11.2. The molecule has 0 aliphatic carbocycles. The van der Waals surface area contributed by atoms with Crippen molar-refractivity contribution in [2.75, 3.05) is 0 Å². The minimum Gasteiger partial charge on any atom is -0.480 e. The van der Waals surface area contributed by atoms with Crippen LogP contribution in [0.2, 0.25) is 0 Å². The van der Waals surface area contributed by atoms with Gasteiger partial charge in [-0.2, -0.15) is 0 Å². The smallest absolute Gasteiger partial charge is 0.326 e. The highest BCUT2D eigenvalue weighted by atomic mass is 16.4. The Morgan fingerprint density at radius 2 is 2.00 bits per heavy atom. The average molecular weight is 295 g/mol. The molecule has 0 fully saturated rings. The van der Waals surface area contributed by atoms with Crippen molar-refractivity contribution in [3.63, 3.8) is 0 Å². The van der Waals surface area contributed by atoms with E-state index in [1.54, 1.807) is 12.1 Å². The van der Waals surface area contributed by atoms with Crippen LogP contribution in [0.4, 0.5) is 0 Å². The fourth-order valence-corrected chi connectivity index (χ4v) is 1.68. The second-order valence-electron chi connectivity index (χ2n) is 4.45. The lowest BCUT2D eigenvalue weighted by atomic mass is 10.1. The van der Waals surface area contributed by atoms with Gasteiger partial charge in [0.05, 0.1) is 0 Å². The Morgan fingerprint density at radius 1 is 1.29 bits per heavy atom. The number of pyridine rings is 1. The zero-order valence-corrected chi connectivity index (χ0v) is 11.3. The standard InChI is InChI=1S/C13H17N3O5/c14-10(17)5-4-9(13(20)21)15-11(18)6-8-16-7-2-1-3-12(16)19/h1-3,7,9H,4-6,8H2,(H2,14,17)(H,15,18)(H,20,21)/t9-/m0/s1. The van der Waals surface area contributed by atoms with Crippen LogP contribution in [0.3, 0.4) is 0 Å². The van der Waals surface area contributed by atoms with E-state index in [1.807, 2.05) is 0 Å². The number of nitrogens with one attached hydrogen (secondary N) is 1. The lowest BCUT2D eigenvalue weighted by Crippen LogP contribution is -2.41. The van der Waals surface area contributed by atoms with Gasteiger partial charge in [0.2, 0.25) is 11.8 Å². The summed E-state index contributed by atoms with van der Waals surface area (Å²) in [6.45, 7) is 0.146. The van der Waals surface area contributed by atoms with Crippen molar-refractivity contribution in [1.82, 2.24) is 9.88 Å². The predicted molar refractivity (Wildman–Crippen MR) is 73.3 cm³/mol. The molecule has 0 unspecified atom stereocenters. The zero-order valence-electron chi connectivity index (χ0n) is 11.3. The molecule has 0 bridgehead atoms. The Balaban J connectivity index is 2.50. The lowest BCUT2D eigenvalue weighted by molar-refractivity contribution is -0.142. The molecule has 1 heterocycles. The molecule has 1 rings (SSSR count). The fourth-order valence-electron chi connectivity index (χ4n) is 1.68. The minimum absolute atomic E-state index is 0.0374. The summed E-state index contributed by atoms with van der Waals surface area (Å²) in [5.74, 6) is -2.38. The number of carboxylic acid groups (broad SMARTS) is 1. The van der Waals surface area contributed by atoms with Crippen LogP contribution in [0.15, 0.2) is 29.2 Å². The van der Waals surface area contributed by atoms with Gasteiger partial charge < -0.3 is 20.7 Å². The Morgan fingerprint density at radius 3 is 2.57 bits per heavy atom. The number of nitrogens with zero attached hydrogens (tertiary/aromatic N) is 1. The number of rotatable bonds is 8. The van der Waals surface area contributed by atoms with Crippen LogP contribution in [-0.4, -0.2) is 33.5 Å². The molecule has 1 aromatic heterocycles. The van der Waals surface area contributed by atoms with Crippen molar-refractivity contribution in [2.24, 2.45) is 5.73 Å². The number of primary amides is 1. The summed E-state index contributed by atoms with van der Waals surface area (Å²) in [6.07, 6.45) is 1.30. The van der Waals surface area contributed by atoms with Gasteiger partial charge >= 0.3 is 5.97 Å². The maximum absolute atomic E-state index is 11.7. The van der Waals surface area contributed by atoms with E-state index in [0.717, 1.165) is 0 Å². The van der Waals surface area contributed by atoms with Gasteiger partial charge in [-0.15, -0.1) is 0 Å². The molecule has 4 N–H and O–H groups in total. The van der Waals surface area contributed by atoms with Gasteiger partial charge in [-0.1, -0.05) is 6.07 Å². The van der Waals surface area contributed by atoms with Gasteiger partial charge in [-0.3, -0.25) is 14.4 Å². The first-order chi connectivity index (χ1) is 9.90. The van der Waals surface area contributed by atoms with Crippen LogP contribution >= 0.6 is 0 Å². The Kier molecular flexibility index (Phi) is 6.12. The number of amides is 2. The minimum atomic E-state index is -1.23. The molecular formula is C13H17N3O5. The van der Waals surface area contributed by atoms with Crippen molar-refractivity contribution in [3.05, 3.63) is 34.7 Å². The first-order valence-electron chi connectivity index (χ1n) is 6.36. The molecule has 0 aliphatic heterocycles. The normalized spacial score (nSPS) is 11.6. The third kappa shape index (κ3) is 5.89. The van der Waals surface area contributed by atoms with E-state index in [2.05, 4.69) is 5.32 Å². The highest BCUT2D eigenvalue weighted by Gasteiger charge is 2.20. The number of hydrogen-bond acceptors (Lipinski definition) is 4. The van der Waals surface area contributed by atoms with Gasteiger partial charge in [0, 0.05) is 31.6 Å². The molecule has 0 saturated heterocycles. The Labute approximate surface area is 120 Å². The average Bonchev–Trinajstić information content (AvgIpc) is 2.42. The number of aryl methyl sites for hydroxylation is 1. The molecule has 0 aromatic carbocycles. The van der Waals surface area contributed by atoms with Crippen molar-refractivity contribution >= 4 is 17.8 Å². The molecule has 114 valence electrons.